The van der Waals surface area contributed by atoms with E-state index in [1.165, 1.54) is 17.9 Å². The zero-order valence-corrected chi connectivity index (χ0v) is 13.3. The van der Waals surface area contributed by atoms with E-state index >= 15 is 0 Å². The van der Waals surface area contributed by atoms with Crippen molar-refractivity contribution in [1.82, 2.24) is 9.78 Å². The van der Waals surface area contributed by atoms with E-state index in [1.54, 1.807) is 0 Å². The molecule has 2 heterocycles. The van der Waals surface area contributed by atoms with E-state index < -0.39 is 0 Å². The summed E-state index contributed by atoms with van der Waals surface area (Å²) in [6, 6.07) is 0.0552. The first kappa shape index (κ1) is 13.8. The van der Waals surface area contributed by atoms with Crippen molar-refractivity contribution in [2.75, 3.05) is 11.5 Å². The maximum absolute atomic E-state index is 6.46. The van der Waals surface area contributed by atoms with Crippen molar-refractivity contribution in [1.29, 1.82) is 0 Å². The number of aromatic nitrogens is 2. The van der Waals surface area contributed by atoms with Crippen LogP contribution >= 0.6 is 39.5 Å². The molecule has 0 spiro atoms. The van der Waals surface area contributed by atoms with Crippen LogP contribution in [0.5, 0.6) is 0 Å². The van der Waals surface area contributed by atoms with Gasteiger partial charge in [0.05, 0.1) is 22.4 Å². The molecule has 1 aromatic heterocycles. The predicted octanol–water partition coefficient (Wildman–Crippen LogP) is 2.81. The second kappa shape index (κ2) is 5.99. The molecule has 1 aromatic rings. The van der Waals surface area contributed by atoms with Gasteiger partial charge in [-0.05, 0) is 22.4 Å². The van der Waals surface area contributed by atoms with Gasteiger partial charge in [-0.2, -0.15) is 28.6 Å². The van der Waals surface area contributed by atoms with Gasteiger partial charge in [0.15, 0.2) is 0 Å². The van der Waals surface area contributed by atoms with Crippen LogP contribution in [0, 0.1) is 0 Å². The average Bonchev–Trinajstić information content (AvgIpc) is 2.68. The van der Waals surface area contributed by atoms with Crippen LogP contribution in [0.2, 0.25) is 0 Å². The maximum Gasteiger partial charge on any atom is 0.0701 e. The van der Waals surface area contributed by atoms with Crippen LogP contribution in [0.1, 0.15) is 25.1 Å². The minimum absolute atomic E-state index is 0.0552. The van der Waals surface area contributed by atoms with E-state index in [2.05, 4.69) is 39.7 Å². The van der Waals surface area contributed by atoms with Crippen molar-refractivity contribution >= 4 is 39.5 Å². The van der Waals surface area contributed by atoms with Gasteiger partial charge >= 0.3 is 0 Å². The van der Waals surface area contributed by atoms with Crippen LogP contribution in [0.4, 0.5) is 0 Å². The van der Waals surface area contributed by atoms with Crippen LogP contribution in [0.25, 0.3) is 0 Å². The molecule has 0 saturated carbocycles. The Hall–Kier alpha value is 0.350. The highest BCUT2D eigenvalue weighted by Gasteiger charge is 2.33. The molecule has 0 bridgehead atoms. The Kier molecular flexibility index (Phi) is 4.86. The van der Waals surface area contributed by atoms with Crippen LogP contribution in [0.3, 0.4) is 0 Å². The summed E-state index contributed by atoms with van der Waals surface area (Å²) in [5.74, 6) is 2.45. The molecule has 3 nitrogen and oxygen atoms in total. The number of hydrogen-bond acceptors (Lipinski definition) is 4. The van der Waals surface area contributed by atoms with Gasteiger partial charge in [0.2, 0.25) is 0 Å². The largest absolute Gasteiger partial charge is 0.322 e. The van der Waals surface area contributed by atoms with Gasteiger partial charge in [0.1, 0.15) is 0 Å². The number of rotatable bonds is 3. The fourth-order valence-electron chi connectivity index (χ4n) is 2.22. The van der Waals surface area contributed by atoms with Crippen LogP contribution < -0.4 is 5.73 Å². The maximum atomic E-state index is 6.46. The highest BCUT2D eigenvalue weighted by Crippen LogP contribution is 2.40. The molecular weight excluding hydrogens is 318 g/mol. The Morgan fingerprint density at radius 1 is 1.59 bits per heavy atom. The van der Waals surface area contributed by atoms with Crippen LogP contribution in [0.15, 0.2) is 10.7 Å². The molecule has 96 valence electrons. The van der Waals surface area contributed by atoms with E-state index in [9.17, 15) is 0 Å². The van der Waals surface area contributed by atoms with Crippen molar-refractivity contribution in [3.63, 3.8) is 0 Å². The number of thioether (sulfide) groups is 2. The highest BCUT2D eigenvalue weighted by atomic mass is 79.9. The topological polar surface area (TPSA) is 43.8 Å². The van der Waals surface area contributed by atoms with Crippen molar-refractivity contribution in [3.05, 3.63) is 16.4 Å². The quantitative estimate of drug-likeness (QED) is 0.922. The average molecular weight is 336 g/mol. The smallest absolute Gasteiger partial charge is 0.0701 e. The molecule has 2 rings (SSSR count). The number of halogens is 1. The zero-order valence-electron chi connectivity index (χ0n) is 10.1. The minimum Gasteiger partial charge on any atom is -0.322 e. The number of nitrogens with two attached hydrogens (primary N) is 1. The van der Waals surface area contributed by atoms with Crippen molar-refractivity contribution in [2.45, 2.75) is 29.9 Å². The second-order valence-electron chi connectivity index (χ2n) is 4.18. The molecule has 2 N–H and O–H groups in total. The third kappa shape index (κ3) is 2.85. The molecule has 6 heteroatoms. The van der Waals surface area contributed by atoms with Crippen molar-refractivity contribution < 1.29 is 0 Å². The molecule has 1 fully saturated rings. The normalized spacial score (nSPS) is 27.1. The number of nitrogens with zero attached hydrogens (tertiary/aromatic N) is 2. The van der Waals surface area contributed by atoms with Gasteiger partial charge in [-0.25, -0.2) is 0 Å². The number of hydrogen-bond donors (Lipinski definition) is 1. The summed E-state index contributed by atoms with van der Waals surface area (Å²) in [6.07, 6.45) is 3.02. The summed E-state index contributed by atoms with van der Waals surface area (Å²) in [6.45, 7) is 2.25. The standard InChI is InChI=1S/C11H18BrN3S2/c1-3-8-11(17-5-4-16-8)9(13)10-7(12)6-14-15(10)2/h6,8-9,11H,3-5,13H2,1-2H3. The van der Waals surface area contributed by atoms with Gasteiger partial charge in [0.25, 0.3) is 0 Å². The lowest BCUT2D eigenvalue weighted by Crippen LogP contribution is -2.36. The van der Waals surface area contributed by atoms with E-state index in [-0.39, 0.29) is 6.04 Å². The summed E-state index contributed by atoms with van der Waals surface area (Å²) < 4.78 is 2.92. The molecule has 0 aromatic carbocycles. The second-order valence-corrected chi connectivity index (χ2v) is 7.67. The predicted molar refractivity (Wildman–Crippen MR) is 80.6 cm³/mol. The van der Waals surface area contributed by atoms with E-state index in [0.29, 0.717) is 10.5 Å². The van der Waals surface area contributed by atoms with Gasteiger partial charge < -0.3 is 5.73 Å². The summed E-state index contributed by atoms with van der Waals surface area (Å²) in [4.78, 5) is 0. The minimum atomic E-state index is 0.0552. The highest BCUT2D eigenvalue weighted by molar-refractivity contribution is 9.10. The van der Waals surface area contributed by atoms with Crippen molar-refractivity contribution in [2.24, 2.45) is 12.8 Å². The van der Waals surface area contributed by atoms with E-state index in [1.807, 2.05) is 29.7 Å². The molecule has 3 atom stereocenters. The molecule has 0 radical (unpaired) electrons. The molecule has 0 aliphatic carbocycles. The molecule has 1 aliphatic heterocycles. The van der Waals surface area contributed by atoms with Crippen LogP contribution in [-0.4, -0.2) is 31.8 Å². The van der Waals surface area contributed by atoms with Gasteiger partial charge in [0, 0.05) is 29.1 Å². The summed E-state index contributed by atoms with van der Waals surface area (Å²) >= 11 is 7.62. The molecule has 17 heavy (non-hydrogen) atoms. The van der Waals surface area contributed by atoms with Gasteiger partial charge in [-0.1, -0.05) is 6.92 Å². The first-order valence-corrected chi connectivity index (χ1v) is 8.70. The lowest BCUT2D eigenvalue weighted by atomic mass is 10.1. The molecular formula is C11H18BrN3S2. The molecule has 3 unspecified atom stereocenters. The van der Waals surface area contributed by atoms with Crippen LogP contribution in [-0.2, 0) is 7.05 Å². The van der Waals surface area contributed by atoms with Gasteiger partial charge in [-0.15, -0.1) is 0 Å². The van der Waals surface area contributed by atoms with Gasteiger partial charge in [-0.3, -0.25) is 4.68 Å². The zero-order chi connectivity index (χ0) is 12.4. The Morgan fingerprint density at radius 3 is 2.88 bits per heavy atom. The summed E-state index contributed by atoms with van der Waals surface area (Å²) in [5, 5.41) is 5.41. The first-order chi connectivity index (χ1) is 8.15. The lowest BCUT2D eigenvalue weighted by Gasteiger charge is -2.34. The first-order valence-electron chi connectivity index (χ1n) is 5.81. The molecule has 1 saturated heterocycles. The third-order valence-corrected chi connectivity index (χ3v) is 7.08. The molecule has 0 amide bonds. The number of aryl methyl sites for hydroxylation is 1. The SMILES string of the molecule is CCC1SCCSC1C(N)c1c(Br)cnn1C. The Bertz CT molecular complexity index is 363. The monoisotopic (exact) mass is 335 g/mol. The molecule has 1 aliphatic rings. The third-order valence-electron chi connectivity index (χ3n) is 3.10. The Labute approximate surface area is 119 Å². The van der Waals surface area contributed by atoms with E-state index in [0.717, 1.165) is 10.2 Å². The summed E-state index contributed by atoms with van der Waals surface area (Å²) in [7, 11) is 1.96. The Balaban J connectivity index is 2.21. The fraction of sp³-hybridized carbons (Fsp3) is 0.727. The lowest BCUT2D eigenvalue weighted by molar-refractivity contribution is 0.572. The summed E-state index contributed by atoms with van der Waals surface area (Å²) in [5.41, 5.74) is 7.57. The fourth-order valence-corrected chi connectivity index (χ4v) is 5.99. The van der Waals surface area contributed by atoms with E-state index in [4.69, 9.17) is 5.73 Å². The Morgan fingerprint density at radius 2 is 2.29 bits per heavy atom. The van der Waals surface area contributed by atoms with Crippen molar-refractivity contribution in [3.8, 4) is 0 Å².